The fourth-order valence-electron chi connectivity index (χ4n) is 2.40. The van der Waals surface area contributed by atoms with E-state index in [-0.39, 0.29) is 13.1 Å². The second-order valence-corrected chi connectivity index (χ2v) is 7.39. The number of sulfonamides is 1. The zero-order chi connectivity index (χ0) is 18.0. The lowest BCUT2D eigenvalue weighted by Gasteiger charge is -2.35. The molecule has 0 amide bonds. The van der Waals surface area contributed by atoms with Gasteiger partial charge in [0.25, 0.3) is 0 Å². The van der Waals surface area contributed by atoms with E-state index in [4.69, 9.17) is 11.6 Å². The van der Waals surface area contributed by atoms with Crippen molar-refractivity contribution in [3.05, 3.63) is 29.0 Å². The Kier molecular flexibility index (Phi) is 6.08. The number of nitrogens with zero attached hydrogens (tertiary/aromatic N) is 1. The van der Waals surface area contributed by atoms with Crippen molar-refractivity contribution in [3.63, 3.8) is 0 Å². The Bertz CT molecular complexity index is 678. The van der Waals surface area contributed by atoms with Crippen LogP contribution in [0.4, 0.5) is 17.6 Å². The van der Waals surface area contributed by atoms with Crippen LogP contribution in [0.5, 0.6) is 0 Å². The van der Waals surface area contributed by atoms with Crippen LogP contribution in [0, 0.1) is 5.82 Å². The average Bonchev–Trinajstić information content (AvgIpc) is 2.49. The van der Waals surface area contributed by atoms with Gasteiger partial charge in [0, 0.05) is 32.7 Å². The molecule has 1 unspecified atom stereocenters. The topological polar surface area (TPSA) is 61.4 Å². The average molecular weight is 390 g/mol. The number of hydrogen-bond acceptors (Lipinski definition) is 4. The van der Waals surface area contributed by atoms with E-state index in [1.807, 2.05) is 4.72 Å². The van der Waals surface area contributed by atoms with Gasteiger partial charge in [0.15, 0.2) is 5.82 Å². The van der Waals surface area contributed by atoms with Gasteiger partial charge in [-0.3, -0.25) is 4.90 Å². The van der Waals surface area contributed by atoms with Crippen LogP contribution in [-0.2, 0) is 10.0 Å². The molecule has 136 valence electrons. The van der Waals surface area contributed by atoms with Crippen molar-refractivity contribution in [2.75, 3.05) is 32.7 Å². The van der Waals surface area contributed by atoms with Gasteiger partial charge in [-0.15, -0.1) is 0 Å². The van der Waals surface area contributed by atoms with Gasteiger partial charge in [0.05, 0.1) is 5.02 Å². The summed E-state index contributed by atoms with van der Waals surface area (Å²) in [5, 5.41) is 2.50. The molecule has 2 N–H and O–H groups in total. The highest BCUT2D eigenvalue weighted by Gasteiger charge is 2.44. The summed E-state index contributed by atoms with van der Waals surface area (Å²) >= 11 is 5.51. The van der Waals surface area contributed by atoms with Gasteiger partial charge in [0.2, 0.25) is 10.0 Å². The fraction of sp³-hybridized carbons (Fsp3) is 0.538. The molecule has 2 rings (SSSR count). The highest BCUT2D eigenvalue weighted by molar-refractivity contribution is 7.89. The van der Waals surface area contributed by atoms with E-state index < -0.39 is 44.5 Å². The number of halogens is 5. The van der Waals surface area contributed by atoms with Gasteiger partial charge in [-0.1, -0.05) is 17.7 Å². The van der Waals surface area contributed by atoms with Crippen molar-refractivity contribution < 1.29 is 26.0 Å². The highest BCUT2D eigenvalue weighted by Crippen LogP contribution is 2.26. The van der Waals surface area contributed by atoms with E-state index in [1.54, 1.807) is 0 Å². The van der Waals surface area contributed by atoms with E-state index >= 15 is 0 Å². The monoisotopic (exact) mass is 389 g/mol. The maximum atomic E-state index is 13.8. The van der Waals surface area contributed by atoms with Gasteiger partial charge in [-0.05, 0) is 12.1 Å². The molecule has 1 aromatic rings. The predicted molar refractivity (Wildman–Crippen MR) is 80.9 cm³/mol. The summed E-state index contributed by atoms with van der Waals surface area (Å²) in [6.07, 6.45) is -4.62. The number of rotatable bonds is 5. The highest BCUT2D eigenvalue weighted by atomic mass is 35.5. The summed E-state index contributed by atoms with van der Waals surface area (Å²) in [6, 6.07) is 1.31. The number of nitrogens with one attached hydrogen (secondary N) is 2. The molecule has 1 fully saturated rings. The molecule has 1 heterocycles. The van der Waals surface area contributed by atoms with Gasteiger partial charge in [-0.25, -0.2) is 17.5 Å². The fourth-order valence-corrected chi connectivity index (χ4v) is 3.77. The normalized spacial score (nSPS) is 18.5. The largest absolute Gasteiger partial charge is 0.405 e. The molecule has 0 aromatic heterocycles. The molecule has 1 aromatic carbocycles. The first-order valence-electron chi connectivity index (χ1n) is 7.08. The lowest BCUT2D eigenvalue weighted by atomic mass is 10.2. The minimum Gasteiger partial charge on any atom is -0.314 e. The van der Waals surface area contributed by atoms with Crippen LogP contribution >= 0.6 is 11.6 Å². The van der Waals surface area contributed by atoms with Crippen molar-refractivity contribution in [3.8, 4) is 0 Å². The van der Waals surface area contributed by atoms with Crippen LogP contribution in [0.2, 0.25) is 5.02 Å². The minimum atomic E-state index is -4.62. The number of alkyl halides is 3. The molecule has 1 aliphatic heterocycles. The van der Waals surface area contributed by atoms with Crippen molar-refractivity contribution in [2.24, 2.45) is 0 Å². The van der Waals surface area contributed by atoms with Crippen LogP contribution in [0.3, 0.4) is 0 Å². The van der Waals surface area contributed by atoms with E-state index in [0.29, 0.717) is 13.1 Å². The van der Waals surface area contributed by atoms with Crippen molar-refractivity contribution in [1.82, 2.24) is 14.9 Å². The second kappa shape index (κ2) is 7.52. The van der Waals surface area contributed by atoms with Crippen LogP contribution in [0.15, 0.2) is 23.1 Å². The van der Waals surface area contributed by atoms with E-state index in [1.165, 1.54) is 6.07 Å². The van der Waals surface area contributed by atoms with Crippen LogP contribution in [-0.4, -0.2) is 58.3 Å². The lowest BCUT2D eigenvalue weighted by molar-refractivity contribution is -0.182. The molecule has 11 heteroatoms. The van der Waals surface area contributed by atoms with Crippen molar-refractivity contribution in [1.29, 1.82) is 0 Å². The Labute approximate surface area is 142 Å². The Balaban J connectivity index is 2.17. The van der Waals surface area contributed by atoms with Crippen LogP contribution in [0.25, 0.3) is 0 Å². The van der Waals surface area contributed by atoms with Gasteiger partial charge in [0.1, 0.15) is 10.9 Å². The summed E-state index contributed by atoms with van der Waals surface area (Å²) < 4.78 is 79.6. The minimum absolute atomic E-state index is 0.136. The molecule has 0 bridgehead atoms. The Morgan fingerprint density at radius 2 is 1.92 bits per heavy atom. The number of hydrogen-bond donors (Lipinski definition) is 2. The first-order valence-corrected chi connectivity index (χ1v) is 8.94. The molecule has 0 saturated carbocycles. The molecular weight excluding hydrogens is 374 g/mol. The molecule has 0 aliphatic carbocycles. The molecule has 1 saturated heterocycles. The number of benzene rings is 1. The lowest BCUT2D eigenvalue weighted by Crippen LogP contribution is -2.57. The Hall–Kier alpha value is -0.940. The van der Waals surface area contributed by atoms with E-state index in [9.17, 15) is 26.0 Å². The summed E-state index contributed by atoms with van der Waals surface area (Å²) in [5.41, 5.74) is 0. The summed E-state index contributed by atoms with van der Waals surface area (Å²) in [7, 11) is -4.46. The van der Waals surface area contributed by atoms with Gasteiger partial charge in [-0.2, -0.15) is 13.2 Å². The quantitative estimate of drug-likeness (QED) is 0.751. The van der Waals surface area contributed by atoms with Gasteiger partial charge < -0.3 is 5.32 Å². The Morgan fingerprint density at radius 1 is 1.29 bits per heavy atom. The molecule has 0 spiro atoms. The number of piperazine rings is 1. The maximum absolute atomic E-state index is 13.8. The summed E-state index contributed by atoms with van der Waals surface area (Å²) in [4.78, 5) is 0.365. The molecule has 1 atom stereocenters. The molecule has 24 heavy (non-hydrogen) atoms. The summed E-state index contributed by atoms with van der Waals surface area (Å²) in [5.74, 6) is -1.20. The molecular formula is C13H16ClF4N3O2S. The zero-order valence-corrected chi connectivity index (χ0v) is 14.0. The first kappa shape index (κ1) is 19.4. The third-order valence-electron chi connectivity index (χ3n) is 3.64. The smallest absolute Gasteiger partial charge is 0.314 e. The third kappa shape index (κ3) is 4.57. The van der Waals surface area contributed by atoms with E-state index in [2.05, 4.69) is 5.32 Å². The van der Waals surface area contributed by atoms with Gasteiger partial charge >= 0.3 is 6.18 Å². The molecule has 0 radical (unpaired) electrons. The Morgan fingerprint density at radius 3 is 2.50 bits per heavy atom. The van der Waals surface area contributed by atoms with Crippen LogP contribution in [0.1, 0.15) is 0 Å². The maximum Gasteiger partial charge on any atom is 0.405 e. The third-order valence-corrected chi connectivity index (χ3v) is 5.38. The zero-order valence-electron chi connectivity index (χ0n) is 12.4. The standard InChI is InChI=1S/C13H16ClF4N3O2S/c14-9-2-1-3-10(12(9)15)24(22,23)20-8-11(13(16,17)18)21-6-4-19-5-7-21/h1-3,11,19-20H,4-8H2. The molecule has 5 nitrogen and oxygen atoms in total. The predicted octanol–water partition coefficient (Wildman–Crippen LogP) is 1.59. The summed E-state index contributed by atoms with van der Waals surface area (Å²) in [6.45, 7) is 0.122. The molecule has 1 aliphatic rings. The SMILES string of the molecule is O=S(=O)(NCC(N1CCNCC1)C(F)(F)F)c1cccc(Cl)c1F. The van der Waals surface area contributed by atoms with E-state index in [0.717, 1.165) is 17.0 Å². The first-order chi connectivity index (χ1) is 11.1. The van der Waals surface area contributed by atoms with Crippen molar-refractivity contribution >= 4 is 21.6 Å². The van der Waals surface area contributed by atoms with Crippen LogP contribution < -0.4 is 10.0 Å². The second-order valence-electron chi connectivity index (χ2n) is 5.25. The van der Waals surface area contributed by atoms with Crippen molar-refractivity contribution in [2.45, 2.75) is 17.1 Å².